The molecule has 0 N–H and O–H groups in total. The van der Waals surface area contributed by atoms with Crippen LogP contribution in [-0.4, -0.2) is 34.8 Å². The van der Waals surface area contributed by atoms with Crippen molar-refractivity contribution in [1.29, 1.82) is 0 Å². The van der Waals surface area contributed by atoms with E-state index < -0.39 is 7.26 Å². The molecular formula is C13H18Br2P+. The van der Waals surface area contributed by atoms with E-state index in [1.54, 1.807) is 0 Å². The molecule has 2 rings (SSSR count). The molecule has 1 aliphatic rings. The molecule has 2 unspecified atom stereocenters. The maximum Gasteiger partial charge on any atom is 0.0729 e. The Morgan fingerprint density at radius 3 is 2.25 bits per heavy atom. The summed E-state index contributed by atoms with van der Waals surface area (Å²) < 4.78 is 0. The molecule has 88 valence electrons. The highest BCUT2D eigenvalue weighted by molar-refractivity contribution is 9.12. The van der Waals surface area contributed by atoms with E-state index in [0.29, 0.717) is 9.65 Å². The Hall–Kier alpha value is 0.610. The van der Waals surface area contributed by atoms with Crippen molar-refractivity contribution < 1.29 is 0 Å². The monoisotopic (exact) mass is 363 g/mol. The van der Waals surface area contributed by atoms with Crippen LogP contribution in [0, 0.1) is 0 Å². The SMILES string of the molecule is C[P+]1(CCc2ccccc2)CC(Br)C(Br)C1. The van der Waals surface area contributed by atoms with Gasteiger partial charge in [-0.15, -0.1) is 0 Å². The third kappa shape index (κ3) is 3.31. The van der Waals surface area contributed by atoms with Crippen molar-refractivity contribution in [1.82, 2.24) is 0 Å². The molecule has 0 aromatic heterocycles. The summed E-state index contributed by atoms with van der Waals surface area (Å²) in [5.41, 5.74) is 1.49. The summed E-state index contributed by atoms with van der Waals surface area (Å²) in [6.07, 6.45) is 5.46. The van der Waals surface area contributed by atoms with Gasteiger partial charge in [0.15, 0.2) is 0 Å². The van der Waals surface area contributed by atoms with Gasteiger partial charge in [-0.05, 0) is 5.56 Å². The quantitative estimate of drug-likeness (QED) is 0.550. The van der Waals surface area contributed by atoms with Crippen molar-refractivity contribution in [3.8, 4) is 0 Å². The van der Waals surface area contributed by atoms with E-state index in [4.69, 9.17) is 0 Å². The fourth-order valence-corrected chi connectivity index (χ4v) is 11.0. The van der Waals surface area contributed by atoms with Crippen LogP contribution in [0.1, 0.15) is 5.56 Å². The fourth-order valence-electron chi connectivity index (χ4n) is 2.37. The molecule has 0 nitrogen and oxygen atoms in total. The summed E-state index contributed by atoms with van der Waals surface area (Å²) in [6.45, 7) is 2.53. The lowest BCUT2D eigenvalue weighted by Crippen LogP contribution is -2.08. The van der Waals surface area contributed by atoms with E-state index in [9.17, 15) is 0 Å². The van der Waals surface area contributed by atoms with E-state index in [2.05, 4.69) is 68.9 Å². The summed E-state index contributed by atoms with van der Waals surface area (Å²) in [7, 11) is -0.691. The second kappa shape index (κ2) is 5.50. The van der Waals surface area contributed by atoms with E-state index in [1.165, 1.54) is 30.5 Å². The lowest BCUT2D eigenvalue weighted by Gasteiger charge is -2.16. The number of rotatable bonds is 3. The molecule has 0 bridgehead atoms. The third-order valence-electron chi connectivity index (χ3n) is 3.41. The lowest BCUT2D eigenvalue weighted by molar-refractivity contribution is 1.03. The zero-order valence-electron chi connectivity index (χ0n) is 9.57. The molecule has 1 aliphatic heterocycles. The number of benzene rings is 1. The van der Waals surface area contributed by atoms with Crippen molar-refractivity contribution in [2.75, 3.05) is 25.2 Å². The van der Waals surface area contributed by atoms with Crippen LogP contribution in [0.4, 0.5) is 0 Å². The molecular weight excluding hydrogens is 347 g/mol. The summed E-state index contributed by atoms with van der Waals surface area (Å²) in [5, 5.41) is 0. The number of hydrogen-bond donors (Lipinski definition) is 0. The maximum absolute atomic E-state index is 3.79. The highest BCUT2D eigenvalue weighted by atomic mass is 79.9. The Balaban J connectivity index is 1.91. The Bertz CT molecular complexity index is 329. The second-order valence-corrected chi connectivity index (χ2v) is 11.7. The number of alkyl halides is 2. The van der Waals surface area contributed by atoms with Crippen LogP contribution >= 0.6 is 39.1 Å². The molecule has 1 aromatic rings. The molecule has 1 saturated heterocycles. The first-order valence-corrected chi connectivity index (χ1v) is 10.4. The second-order valence-electron chi connectivity index (χ2n) is 4.98. The Morgan fingerprint density at radius 2 is 1.69 bits per heavy atom. The molecule has 2 atom stereocenters. The number of aryl methyl sites for hydroxylation is 1. The first-order valence-electron chi connectivity index (χ1n) is 5.75. The minimum absolute atomic E-state index is 0.691. The first kappa shape index (κ1) is 13.1. The van der Waals surface area contributed by atoms with Gasteiger partial charge in [-0.2, -0.15) is 0 Å². The van der Waals surface area contributed by atoms with E-state index >= 15 is 0 Å². The minimum Gasteiger partial charge on any atom is -0.0837 e. The highest BCUT2D eigenvalue weighted by Gasteiger charge is 2.45. The Morgan fingerprint density at radius 1 is 1.12 bits per heavy atom. The summed E-state index contributed by atoms with van der Waals surface area (Å²) in [5.74, 6) is 0. The van der Waals surface area contributed by atoms with Gasteiger partial charge in [-0.25, -0.2) is 0 Å². The van der Waals surface area contributed by atoms with E-state index in [-0.39, 0.29) is 0 Å². The van der Waals surface area contributed by atoms with Gasteiger partial charge >= 0.3 is 0 Å². The van der Waals surface area contributed by atoms with Crippen LogP contribution in [0.25, 0.3) is 0 Å². The van der Waals surface area contributed by atoms with Crippen LogP contribution < -0.4 is 0 Å². The minimum atomic E-state index is -0.691. The summed E-state index contributed by atoms with van der Waals surface area (Å²) in [4.78, 5) is 1.39. The third-order valence-corrected chi connectivity index (χ3v) is 10.9. The first-order chi connectivity index (χ1) is 7.59. The smallest absolute Gasteiger partial charge is 0.0729 e. The van der Waals surface area contributed by atoms with Gasteiger partial charge in [0.2, 0.25) is 0 Å². The average Bonchev–Trinajstić information content (AvgIpc) is 2.53. The van der Waals surface area contributed by atoms with E-state index in [1.807, 2.05) is 0 Å². The average molecular weight is 365 g/mol. The zero-order chi connectivity index (χ0) is 11.6. The standard InChI is InChI=1S/C13H18Br2P/c1-16(9-12(14)13(15)10-16)8-7-11-5-3-2-4-6-11/h2-6,12-13H,7-10H2,1H3/q+1. The maximum atomic E-state index is 3.79. The van der Waals surface area contributed by atoms with Crippen LogP contribution in [0.2, 0.25) is 0 Å². The predicted molar refractivity (Wildman–Crippen MR) is 83.0 cm³/mol. The molecule has 1 heterocycles. The number of halogens is 2. The van der Waals surface area contributed by atoms with Gasteiger partial charge in [0.1, 0.15) is 0 Å². The molecule has 0 aliphatic carbocycles. The predicted octanol–water partition coefficient (Wildman–Crippen LogP) is 4.42. The molecule has 1 aromatic carbocycles. The molecule has 0 saturated carbocycles. The van der Waals surface area contributed by atoms with Crippen LogP contribution in [0.3, 0.4) is 0 Å². The van der Waals surface area contributed by atoms with Gasteiger partial charge in [-0.3, -0.25) is 0 Å². The van der Waals surface area contributed by atoms with Gasteiger partial charge in [0.05, 0.1) is 28.1 Å². The van der Waals surface area contributed by atoms with Crippen LogP contribution in [0.5, 0.6) is 0 Å². The van der Waals surface area contributed by atoms with Crippen molar-refractivity contribution in [3.05, 3.63) is 35.9 Å². The van der Waals surface area contributed by atoms with Gasteiger partial charge in [0.25, 0.3) is 0 Å². The number of hydrogen-bond acceptors (Lipinski definition) is 0. The summed E-state index contributed by atoms with van der Waals surface area (Å²) in [6, 6.07) is 10.9. The van der Waals surface area contributed by atoms with Crippen molar-refractivity contribution in [3.63, 3.8) is 0 Å². The Kier molecular flexibility index (Phi) is 4.49. The zero-order valence-corrected chi connectivity index (χ0v) is 13.6. The molecule has 16 heavy (non-hydrogen) atoms. The molecule has 0 amide bonds. The Labute approximate surface area is 116 Å². The molecule has 1 fully saturated rings. The fraction of sp³-hybridized carbons (Fsp3) is 0.538. The molecule has 3 heteroatoms. The van der Waals surface area contributed by atoms with Crippen LogP contribution in [0.15, 0.2) is 30.3 Å². The molecule has 0 spiro atoms. The van der Waals surface area contributed by atoms with Crippen molar-refractivity contribution >= 4 is 39.1 Å². The van der Waals surface area contributed by atoms with E-state index in [0.717, 1.165) is 0 Å². The normalized spacial score (nSPS) is 34.2. The topological polar surface area (TPSA) is 0 Å². The summed E-state index contributed by atoms with van der Waals surface area (Å²) >= 11 is 7.57. The van der Waals surface area contributed by atoms with Crippen molar-refractivity contribution in [2.45, 2.75) is 16.1 Å². The van der Waals surface area contributed by atoms with Gasteiger partial charge in [-0.1, -0.05) is 62.2 Å². The van der Waals surface area contributed by atoms with Gasteiger partial charge in [0, 0.05) is 20.3 Å². The van der Waals surface area contributed by atoms with Gasteiger partial charge < -0.3 is 0 Å². The largest absolute Gasteiger partial charge is 0.0837 e. The lowest BCUT2D eigenvalue weighted by atomic mass is 10.2. The highest BCUT2D eigenvalue weighted by Crippen LogP contribution is 2.63. The molecule has 0 radical (unpaired) electrons. The van der Waals surface area contributed by atoms with Crippen molar-refractivity contribution in [2.24, 2.45) is 0 Å². The van der Waals surface area contributed by atoms with Crippen LogP contribution in [-0.2, 0) is 6.42 Å².